The Balaban J connectivity index is 0.00000484. The number of nitrogens with two attached hydrogens (primary N) is 1. The fourth-order valence-corrected chi connectivity index (χ4v) is 1.56. The molecule has 0 heterocycles. The van der Waals surface area contributed by atoms with Crippen LogP contribution in [0.3, 0.4) is 0 Å². The van der Waals surface area contributed by atoms with Crippen molar-refractivity contribution in [3.05, 3.63) is 29.8 Å². The van der Waals surface area contributed by atoms with Crippen LogP contribution in [0.2, 0.25) is 0 Å². The van der Waals surface area contributed by atoms with E-state index in [-0.39, 0.29) is 24.8 Å². The molecule has 0 aliphatic carbocycles. The molecule has 23 heavy (non-hydrogen) atoms. The van der Waals surface area contributed by atoms with Crippen LogP contribution in [0.25, 0.3) is 0 Å². The summed E-state index contributed by atoms with van der Waals surface area (Å²) in [5, 5.41) is 0. The van der Waals surface area contributed by atoms with Gasteiger partial charge < -0.3 is 15.2 Å². The number of halogens is 4. The molecule has 1 unspecified atom stereocenters. The molecular weight excluding hydrogens is 335 g/mol. The minimum atomic E-state index is -4.78. The van der Waals surface area contributed by atoms with Crippen molar-refractivity contribution in [1.29, 1.82) is 0 Å². The van der Waals surface area contributed by atoms with Crippen LogP contribution in [0.5, 0.6) is 5.75 Å². The van der Waals surface area contributed by atoms with Crippen LogP contribution in [-0.4, -0.2) is 18.9 Å². The molecule has 0 saturated heterocycles. The predicted molar refractivity (Wildman–Crippen MR) is 82.3 cm³/mol. The van der Waals surface area contributed by atoms with Gasteiger partial charge in [-0.3, -0.25) is 4.79 Å². The fraction of sp³-hybridized carbons (Fsp3) is 0.533. The second-order valence-electron chi connectivity index (χ2n) is 6.32. The van der Waals surface area contributed by atoms with Gasteiger partial charge in [0, 0.05) is 0 Å². The van der Waals surface area contributed by atoms with Crippen LogP contribution in [0, 0.1) is 5.41 Å². The first kappa shape index (κ1) is 21.5. The van der Waals surface area contributed by atoms with Gasteiger partial charge in [-0.2, -0.15) is 0 Å². The third-order valence-electron chi connectivity index (χ3n) is 2.84. The minimum absolute atomic E-state index is 0. The second-order valence-corrected chi connectivity index (χ2v) is 6.32. The highest BCUT2D eigenvalue weighted by molar-refractivity contribution is 5.85. The van der Waals surface area contributed by atoms with Crippen molar-refractivity contribution in [3.63, 3.8) is 0 Å². The van der Waals surface area contributed by atoms with Crippen molar-refractivity contribution in [2.45, 2.75) is 39.6 Å². The second kappa shape index (κ2) is 7.40. The van der Waals surface area contributed by atoms with Crippen molar-refractivity contribution in [2.24, 2.45) is 11.1 Å². The van der Waals surface area contributed by atoms with Crippen LogP contribution in [-0.2, 0) is 15.1 Å². The molecule has 0 radical (unpaired) electrons. The van der Waals surface area contributed by atoms with Gasteiger partial charge in [-0.05, 0) is 45.4 Å². The molecule has 1 rings (SSSR count). The zero-order valence-electron chi connectivity index (χ0n) is 13.4. The molecule has 132 valence electrons. The molecule has 0 bridgehead atoms. The number of carbonyl (C=O) groups excluding carboxylic acids is 1. The Hall–Kier alpha value is -1.47. The van der Waals surface area contributed by atoms with E-state index in [4.69, 9.17) is 10.5 Å². The summed E-state index contributed by atoms with van der Waals surface area (Å²) >= 11 is 0. The van der Waals surface area contributed by atoms with Crippen LogP contribution >= 0.6 is 12.4 Å². The summed E-state index contributed by atoms with van der Waals surface area (Å²) in [6, 6.07) is 5.30. The van der Waals surface area contributed by atoms with E-state index in [2.05, 4.69) is 4.74 Å². The van der Waals surface area contributed by atoms with E-state index < -0.39 is 23.3 Å². The highest BCUT2D eigenvalue weighted by Crippen LogP contribution is 2.27. The lowest BCUT2D eigenvalue weighted by atomic mass is 9.93. The molecule has 4 nitrogen and oxygen atoms in total. The molecule has 0 spiro atoms. The molecule has 0 aliphatic rings. The molecule has 1 aromatic rings. The van der Waals surface area contributed by atoms with Crippen LogP contribution in [0.1, 0.15) is 33.3 Å². The SMILES string of the molecule is CC(C)(C)C(=O)OCC(C)(N)c1cccc(OC(F)(F)F)c1.Cl. The van der Waals surface area contributed by atoms with Crippen LogP contribution in [0.4, 0.5) is 13.2 Å². The maximum Gasteiger partial charge on any atom is 0.573 e. The Morgan fingerprint density at radius 2 is 1.74 bits per heavy atom. The van der Waals surface area contributed by atoms with Crippen LogP contribution < -0.4 is 10.5 Å². The number of rotatable bonds is 4. The third-order valence-corrected chi connectivity index (χ3v) is 2.84. The van der Waals surface area contributed by atoms with Crippen LogP contribution in [0.15, 0.2) is 24.3 Å². The summed E-state index contributed by atoms with van der Waals surface area (Å²) in [5.74, 6) is -0.810. The quantitative estimate of drug-likeness (QED) is 0.835. The van der Waals surface area contributed by atoms with Crippen molar-refractivity contribution in [1.82, 2.24) is 0 Å². The lowest BCUT2D eigenvalue weighted by Gasteiger charge is -2.27. The topological polar surface area (TPSA) is 61.5 Å². The predicted octanol–water partition coefficient (Wildman–Crippen LogP) is 3.77. The van der Waals surface area contributed by atoms with Gasteiger partial charge in [0.15, 0.2) is 0 Å². The average Bonchev–Trinajstić information content (AvgIpc) is 2.33. The molecule has 2 N–H and O–H groups in total. The molecule has 0 saturated carbocycles. The largest absolute Gasteiger partial charge is 0.573 e. The van der Waals surface area contributed by atoms with Crippen molar-refractivity contribution in [2.75, 3.05) is 6.61 Å². The van der Waals surface area contributed by atoms with Crippen molar-refractivity contribution >= 4 is 18.4 Å². The van der Waals surface area contributed by atoms with Gasteiger partial charge in [-0.25, -0.2) is 0 Å². The Morgan fingerprint density at radius 1 is 1.17 bits per heavy atom. The van der Waals surface area contributed by atoms with Gasteiger partial charge >= 0.3 is 12.3 Å². The summed E-state index contributed by atoms with van der Waals surface area (Å²) in [6.45, 7) is 6.50. The Kier molecular flexibility index (Phi) is 6.93. The maximum atomic E-state index is 12.2. The van der Waals surface area contributed by atoms with Gasteiger partial charge in [-0.15, -0.1) is 25.6 Å². The number of carbonyl (C=O) groups is 1. The summed E-state index contributed by atoms with van der Waals surface area (Å²) in [6.07, 6.45) is -4.78. The van der Waals surface area contributed by atoms with Gasteiger partial charge in [0.1, 0.15) is 12.4 Å². The molecule has 8 heteroatoms. The Labute approximate surface area is 139 Å². The highest BCUT2D eigenvalue weighted by Gasteiger charge is 2.32. The number of hydrogen-bond acceptors (Lipinski definition) is 4. The van der Waals surface area contributed by atoms with Crippen molar-refractivity contribution < 1.29 is 27.4 Å². The molecular formula is C15H21ClF3NO3. The zero-order valence-corrected chi connectivity index (χ0v) is 14.2. The normalized spacial score (nSPS) is 14.4. The maximum absolute atomic E-state index is 12.2. The number of hydrogen-bond donors (Lipinski definition) is 1. The van der Waals surface area contributed by atoms with Gasteiger partial charge in [-0.1, -0.05) is 12.1 Å². The monoisotopic (exact) mass is 355 g/mol. The first-order valence-electron chi connectivity index (χ1n) is 6.64. The lowest BCUT2D eigenvalue weighted by Crippen LogP contribution is -2.40. The molecule has 0 amide bonds. The first-order valence-corrected chi connectivity index (χ1v) is 6.64. The molecule has 1 atom stereocenters. The van der Waals surface area contributed by atoms with Crippen molar-refractivity contribution in [3.8, 4) is 5.75 Å². The van der Waals surface area contributed by atoms with E-state index in [0.29, 0.717) is 5.56 Å². The Bertz CT molecular complexity index is 540. The minimum Gasteiger partial charge on any atom is -0.463 e. The van der Waals surface area contributed by atoms with E-state index in [1.165, 1.54) is 18.2 Å². The molecule has 0 fully saturated rings. The summed E-state index contributed by atoms with van der Waals surface area (Å²) in [4.78, 5) is 11.7. The number of benzene rings is 1. The highest BCUT2D eigenvalue weighted by atomic mass is 35.5. The zero-order chi connectivity index (χ0) is 17.2. The van der Waals surface area contributed by atoms with E-state index in [0.717, 1.165) is 0 Å². The smallest absolute Gasteiger partial charge is 0.463 e. The van der Waals surface area contributed by atoms with E-state index in [9.17, 15) is 18.0 Å². The van der Waals surface area contributed by atoms with E-state index in [1.807, 2.05) is 0 Å². The first-order chi connectivity index (χ1) is 9.81. The number of esters is 1. The molecule has 1 aromatic carbocycles. The summed E-state index contributed by atoms with van der Waals surface area (Å²) in [5.41, 5.74) is 4.60. The Morgan fingerprint density at radius 3 is 2.22 bits per heavy atom. The molecule has 0 aromatic heterocycles. The molecule has 0 aliphatic heterocycles. The fourth-order valence-electron chi connectivity index (χ4n) is 1.56. The lowest BCUT2D eigenvalue weighted by molar-refractivity contribution is -0.274. The standard InChI is InChI=1S/C15H20F3NO3.ClH/c1-13(2,3)12(20)21-9-14(4,19)10-6-5-7-11(8-10)22-15(16,17)18;/h5-8H,9,19H2,1-4H3;1H. The summed E-state index contributed by atoms with van der Waals surface area (Å²) in [7, 11) is 0. The average molecular weight is 356 g/mol. The van der Waals surface area contributed by atoms with Gasteiger partial charge in [0.25, 0.3) is 0 Å². The van der Waals surface area contributed by atoms with Gasteiger partial charge in [0.2, 0.25) is 0 Å². The van der Waals surface area contributed by atoms with E-state index in [1.54, 1.807) is 33.8 Å². The summed E-state index contributed by atoms with van der Waals surface area (Å²) < 4.78 is 45.7. The third kappa shape index (κ3) is 7.09. The number of alkyl halides is 3. The van der Waals surface area contributed by atoms with E-state index >= 15 is 0 Å². The number of ether oxygens (including phenoxy) is 2. The van der Waals surface area contributed by atoms with Gasteiger partial charge in [0.05, 0.1) is 11.0 Å².